The minimum absolute atomic E-state index is 0.0511. The Morgan fingerprint density at radius 3 is 2.96 bits per heavy atom. The highest BCUT2D eigenvalue weighted by Gasteiger charge is 2.12. The predicted molar refractivity (Wildman–Crippen MR) is 83.1 cm³/mol. The van der Waals surface area contributed by atoms with Gasteiger partial charge in [-0.25, -0.2) is 4.98 Å². The number of nitrogen functional groups attached to an aromatic ring is 1. The lowest BCUT2D eigenvalue weighted by molar-refractivity contribution is 0.0946. The number of aryl methyl sites for hydroxylation is 1. The molecule has 23 heavy (non-hydrogen) atoms. The molecular weight excluding hydrogens is 324 g/mol. The van der Waals surface area contributed by atoms with E-state index in [1.807, 2.05) is 0 Å². The number of imidazole rings is 1. The van der Waals surface area contributed by atoms with E-state index in [1.165, 1.54) is 17.8 Å². The Labute approximate surface area is 134 Å². The van der Waals surface area contributed by atoms with Gasteiger partial charge < -0.3 is 15.6 Å². The molecule has 3 aromatic rings. The van der Waals surface area contributed by atoms with Crippen molar-refractivity contribution in [1.82, 2.24) is 34.6 Å². The predicted octanol–water partition coefficient (Wildman–Crippen LogP) is -0.481. The summed E-state index contributed by atoms with van der Waals surface area (Å²) in [7, 11) is 1.53. The van der Waals surface area contributed by atoms with E-state index in [4.69, 9.17) is 17.3 Å². The van der Waals surface area contributed by atoms with Crippen molar-refractivity contribution >= 4 is 34.6 Å². The average molecular weight is 337 g/mol. The molecule has 0 spiro atoms. The summed E-state index contributed by atoms with van der Waals surface area (Å²) >= 11 is 5.94. The number of rotatable bonds is 4. The Balaban J connectivity index is 1.69. The number of amides is 1. The van der Waals surface area contributed by atoms with Crippen molar-refractivity contribution in [3.05, 3.63) is 33.6 Å². The molecule has 1 amide bonds. The van der Waals surface area contributed by atoms with Gasteiger partial charge in [0, 0.05) is 26.2 Å². The summed E-state index contributed by atoms with van der Waals surface area (Å²) in [6.07, 6.45) is 1.54. The number of nitrogens with one attached hydrogen (secondary N) is 2. The van der Waals surface area contributed by atoms with Gasteiger partial charge in [-0.05, 0) is 0 Å². The third-order valence-electron chi connectivity index (χ3n) is 3.21. The van der Waals surface area contributed by atoms with Gasteiger partial charge in [-0.15, -0.1) is 0 Å². The van der Waals surface area contributed by atoms with Gasteiger partial charge in [0.05, 0.1) is 6.33 Å². The Morgan fingerprint density at radius 2 is 2.26 bits per heavy atom. The number of nitrogens with two attached hydrogens (primary N) is 1. The molecule has 120 valence electrons. The maximum absolute atomic E-state index is 11.9. The molecule has 0 bridgehead atoms. The largest absolute Gasteiger partial charge is 0.368 e. The second kappa shape index (κ2) is 5.72. The standard InChI is InChI=1S/C12H13ClN8O2/c1-20-7(22)4-6(19-20)11(23)15-2-3-21-5-16-8-9(13)17-12(14)18-10(8)21/h4-5,19H,2-3H2,1H3,(H,15,23)(H2,14,17,18). The van der Waals surface area contributed by atoms with Gasteiger partial charge in [0.15, 0.2) is 10.8 Å². The van der Waals surface area contributed by atoms with Crippen molar-refractivity contribution in [1.29, 1.82) is 0 Å². The van der Waals surface area contributed by atoms with Crippen LogP contribution in [0.4, 0.5) is 5.95 Å². The van der Waals surface area contributed by atoms with Gasteiger partial charge in [0.25, 0.3) is 11.5 Å². The fourth-order valence-electron chi connectivity index (χ4n) is 2.08. The summed E-state index contributed by atoms with van der Waals surface area (Å²) in [5, 5.41) is 5.52. The molecule has 0 unspecified atom stereocenters. The number of hydrogen-bond donors (Lipinski definition) is 3. The number of anilines is 1. The highest BCUT2D eigenvalue weighted by Crippen LogP contribution is 2.19. The number of halogens is 1. The number of carbonyl (C=O) groups is 1. The van der Waals surface area contributed by atoms with Crippen LogP contribution in [0.15, 0.2) is 17.2 Å². The molecule has 11 heteroatoms. The van der Waals surface area contributed by atoms with Crippen molar-refractivity contribution in [2.75, 3.05) is 12.3 Å². The van der Waals surface area contributed by atoms with Crippen LogP contribution < -0.4 is 16.6 Å². The Morgan fingerprint density at radius 1 is 1.48 bits per heavy atom. The normalized spacial score (nSPS) is 11.0. The first-order chi connectivity index (χ1) is 11.0. The molecule has 0 radical (unpaired) electrons. The number of hydrogen-bond acceptors (Lipinski definition) is 6. The van der Waals surface area contributed by atoms with Crippen molar-refractivity contribution < 1.29 is 4.79 Å². The van der Waals surface area contributed by atoms with Crippen molar-refractivity contribution in [3.63, 3.8) is 0 Å². The van der Waals surface area contributed by atoms with E-state index in [0.717, 1.165) is 0 Å². The van der Waals surface area contributed by atoms with Gasteiger partial charge in [-0.3, -0.25) is 19.4 Å². The van der Waals surface area contributed by atoms with E-state index >= 15 is 0 Å². The van der Waals surface area contributed by atoms with Crippen LogP contribution in [-0.4, -0.2) is 41.8 Å². The first-order valence-corrected chi connectivity index (χ1v) is 7.01. The quantitative estimate of drug-likeness (QED) is 0.550. The summed E-state index contributed by atoms with van der Waals surface area (Å²) < 4.78 is 2.92. The fourth-order valence-corrected chi connectivity index (χ4v) is 2.30. The van der Waals surface area contributed by atoms with Crippen molar-refractivity contribution in [2.24, 2.45) is 7.05 Å². The third kappa shape index (κ3) is 2.88. The molecule has 0 fully saturated rings. The number of nitrogens with zero attached hydrogens (tertiary/aromatic N) is 5. The summed E-state index contributed by atoms with van der Waals surface area (Å²) in [6, 6.07) is 1.23. The lowest BCUT2D eigenvalue weighted by Gasteiger charge is -2.06. The summed E-state index contributed by atoms with van der Waals surface area (Å²) in [6.45, 7) is 0.717. The zero-order valence-electron chi connectivity index (χ0n) is 12.1. The average Bonchev–Trinajstić information content (AvgIpc) is 3.04. The SMILES string of the molecule is Cn1[nH]c(C(=O)NCCn2cnc3c(Cl)nc(N)nc32)cc1=O. The molecule has 0 aliphatic rings. The summed E-state index contributed by atoms with van der Waals surface area (Å²) in [5.41, 5.74) is 6.42. The fraction of sp³-hybridized carbons (Fsp3) is 0.250. The topological polar surface area (TPSA) is 137 Å². The van der Waals surface area contributed by atoms with Gasteiger partial charge in [0.1, 0.15) is 11.2 Å². The van der Waals surface area contributed by atoms with E-state index in [0.29, 0.717) is 24.3 Å². The number of aromatic amines is 1. The maximum atomic E-state index is 11.9. The van der Waals surface area contributed by atoms with Crippen LogP contribution in [0.25, 0.3) is 11.2 Å². The third-order valence-corrected chi connectivity index (χ3v) is 3.47. The van der Waals surface area contributed by atoms with Gasteiger partial charge in [-0.1, -0.05) is 11.6 Å². The Hall–Kier alpha value is -2.88. The molecular formula is C12H13ClN8O2. The maximum Gasteiger partial charge on any atom is 0.269 e. The first-order valence-electron chi connectivity index (χ1n) is 6.64. The van der Waals surface area contributed by atoms with Crippen LogP contribution in [0.1, 0.15) is 10.5 Å². The lowest BCUT2D eigenvalue weighted by Crippen LogP contribution is -2.27. The molecule has 0 saturated carbocycles. The molecule has 4 N–H and O–H groups in total. The first kappa shape index (κ1) is 15.0. The Bertz CT molecular complexity index is 940. The minimum Gasteiger partial charge on any atom is -0.368 e. The van der Waals surface area contributed by atoms with Gasteiger partial charge in [0.2, 0.25) is 5.95 Å². The van der Waals surface area contributed by atoms with Crippen LogP contribution >= 0.6 is 11.6 Å². The zero-order chi connectivity index (χ0) is 16.6. The minimum atomic E-state index is -0.376. The number of aromatic nitrogens is 6. The smallest absolute Gasteiger partial charge is 0.269 e. The van der Waals surface area contributed by atoms with Crippen LogP contribution in [-0.2, 0) is 13.6 Å². The number of H-pyrrole nitrogens is 1. The molecule has 3 heterocycles. The summed E-state index contributed by atoms with van der Waals surface area (Å²) in [5.74, 6) is -0.325. The van der Waals surface area contributed by atoms with Crippen LogP contribution in [0.3, 0.4) is 0 Å². The molecule has 3 rings (SSSR count). The molecule has 0 aromatic carbocycles. The van der Waals surface area contributed by atoms with E-state index in [2.05, 4.69) is 25.4 Å². The monoisotopic (exact) mass is 336 g/mol. The van der Waals surface area contributed by atoms with Crippen LogP contribution in [0, 0.1) is 0 Å². The van der Waals surface area contributed by atoms with E-state index in [9.17, 15) is 9.59 Å². The second-order valence-corrected chi connectivity index (χ2v) is 5.16. The lowest BCUT2D eigenvalue weighted by atomic mass is 10.4. The van der Waals surface area contributed by atoms with E-state index in [1.54, 1.807) is 10.9 Å². The molecule has 3 aromatic heterocycles. The molecule has 10 nitrogen and oxygen atoms in total. The summed E-state index contributed by atoms with van der Waals surface area (Å²) in [4.78, 5) is 35.3. The molecule has 0 aliphatic heterocycles. The van der Waals surface area contributed by atoms with Gasteiger partial charge in [-0.2, -0.15) is 9.97 Å². The number of fused-ring (bicyclic) bond motifs is 1. The highest BCUT2D eigenvalue weighted by atomic mass is 35.5. The van der Waals surface area contributed by atoms with Crippen molar-refractivity contribution in [2.45, 2.75) is 6.54 Å². The number of carbonyl (C=O) groups excluding carboxylic acids is 1. The zero-order valence-corrected chi connectivity index (χ0v) is 12.8. The second-order valence-electron chi connectivity index (χ2n) is 4.81. The highest BCUT2D eigenvalue weighted by molar-refractivity contribution is 6.33. The van der Waals surface area contributed by atoms with E-state index < -0.39 is 0 Å². The molecule has 0 atom stereocenters. The van der Waals surface area contributed by atoms with Crippen molar-refractivity contribution in [3.8, 4) is 0 Å². The van der Waals surface area contributed by atoms with E-state index in [-0.39, 0.29) is 28.3 Å². The molecule has 0 aliphatic carbocycles. The van der Waals surface area contributed by atoms with Crippen LogP contribution in [0.2, 0.25) is 5.15 Å². The molecule has 0 saturated heterocycles. The van der Waals surface area contributed by atoms with Gasteiger partial charge >= 0.3 is 0 Å². The van der Waals surface area contributed by atoms with Crippen LogP contribution in [0.5, 0.6) is 0 Å². The Kier molecular flexibility index (Phi) is 3.74.